The van der Waals surface area contributed by atoms with Crippen molar-refractivity contribution in [2.45, 2.75) is 25.2 Å². The molecule has 1 fully saturated rings. The zero-order chi connectivity index (χ0) is 13.7. The Morgan fingerprint density at radius 3 is 2.74 bits per heavy atom. The SMILES string of the molecule is CS(=O)(=O)O[C@H]1CCO[C@H]1COCc1ccccc1. The van der Waals surface area contributed by atoms with Gasteiger partial charge in [0, 0.05) is 13.0 Å². The number of ether oxygens (including phenoxy) is 2. The molecule has 0 spiro atoms. The molecular formula is C13H18O5S. The summed E-state index contributed by atoms with van der Waals surface area (Å²) in [5.74, 6) is 0. The van der Waals surface area contributed by atoms with Crippen LogP contribution >= 0.6 is 0 Å². The molecule has 1 aliphatic rings. The van der Waals surface area contributed by atoms with Crippen molar-refractivity contribution in [3.05, 3.63) is 35.9 Å². The van der Waals surface area contributed by atoms with Crippen LogP contribution in [0.1, 0.15) is 12.0 Å². The lowest BCUT2D eigenvalue weighted by atomic mass is 10.2. The van der Waals surface area contributed by atoms with E-state index in [9.17, 15) is 8.42 Å². The minimum atomic E-state index is -3.45. The third-order valence-corrected chi connectivity index (χ3v) is 3.44. The monoisotopic (exact) mass is 286 g/mol. The lowest BCUT2D eigenvalue weighted by molar-refractivity contribution is -0.0209. The molecule has 0 saturated carbocycles. The number of benzene rings is 1. The first-order valence-electron chi connectivity index (χ1n) is 6.16. The molecule has 1 aliphatic heterocycles. The van der Waals surface area contributed by atoms with Crippen molar-refractivity contribution in [3.8, 4) is 0 Å². The Bertz CT molecular complexity index is 485. The topological polar surface area (TPSA) is 61.8 Å². The van der Waals surface area contributed by atoms with Crippen molar-refractivity contribution in [2.24, 2.45) is 0 Å². The number of rotatable bonds is 6. The van der Waals surface area contributed by atoms with Gasteiger partial charge in [0.25, 0.3) is 10.1 Å². The molecule has 0 bridgehead atoms. The number of hydrogen-bond donors (Lipinski definition) is 0. The van der Waals surface area contributed by atoms with Crippen LogP contribution in [0.2, 0.25) is 0 Å². The molecule has 2 rings (SSSR count). The van der Waals surface area contributed by atoms with E-state index in [0.29, 0.717) is 26.2 Å². The van der Waals surface area contributed by atoms with E-state index in [4.69, 9.17) is 13.7 Å². The van der Waals surface area contributed by atoms with Crippen molar-refractivity contribution in [1.29, 1.82) is 0 Å². The molecule has 1 aromatic carbocycles. The molecule has 0 aromatic heterocycles. The van der Waals surface area contributed by atoms with Gasteiger partial charge < -0.3 is 9.47 Å². The van der Waals surface area contributed by atoms with Crippen LogP contribution in [0.5, 0.6) is 0 Å². The first kappa shape index (κ1) is 14.5. The maximum atomic E-state index is 11.1. The van der Waals surface area contributed by atoms with Gasteiger partial charge in [-0.05, 0) is 5.56 Å². The molecule has 0 aliphatic carbocycles. The molecule has 1 aromatic rings. The summed E-state index contributed by atoms with van der Waals surface area (Å²) >= 11 is 0. The minimum absolute atomic E-state index is 0.321. The molecule has 1 saturated heterocycles. The van der Waals surface area contributed by atoms with E-state index in [2.05, 4.69) is 0 Å². The summed E-state index contributed by atoms with van der Waals surface area (Å²) in [5.41, 5.74) is 1.07. The molecule has 19 heavy (non-hydrogen) atoms. The van der Waals surface area contributed by atoms with Gasteiger partial charge in [0.05, 0.1) is 19.5 Å². The highest BCUT2D eigenvalue weighted by Crippen LogP contribution is 2.19. The fourth-order valence-corrected chi connectivity index (χ4v) is 2.66. The average molecular weight is 286 g/mol. The second-order valence-corrected chi connectivity index (χ2v) is 6.14. The predicted octanol–water partition coefficient (Wildman–Crippen LogP) is 1.34. The van der Waals surface area contributed by atoms with E-state index < -0.39 is 16.2 Å². The fraction of sp³-hybridized carbons (Fsp3) is 0.538. The van der Waals surface area contributed by atoms with E-state index >= 15 is 0 Å². The lowest BCUT2D eigenvalue weighted by Crippen LogP contribution is -2.30. The summed E-state index contributed by atoms with van der Waals surface area (Å²) in [6.07, 6.45) is 0.865. The van der Waals surface area contributed by atoms with Gasteiger partial charge in [-0.15, -0.1) is 0 Å². The molecular weight excluding hydrogens is 268 g/mol. The van der Waals surface area contributed by atoms with Crippen molar-refractivity contribution < 1.29 is 22.1 Å². The highest BCUT2D eigenvalue weighted by atomic mass is 32.2. The predicted molar refractivity (Wildman–Crippen MR) is 70.2 cm³/mol. The van der Waals surface area contributed by atoms with Crippen molar-refractivity contribution in [3.63, 3.8) is 0 Å². The molecule has 2 atom stereocenters. The zero-order valence-electron chi connectivity index (χ0n) is 10.8. The standard InChI is InChI=1S/C13H18O5S/c1-19(14,15)18-12-7-8-17-13(12)10-16-9-11-5-3-2-4-6-11/h2-6,12-13H,7-10H2,1H3/t12-,13-/m0/s1. The van der Waals surface area contributed by atoms with Crippen LogP contribution in [-0.4, -0.2) is 40.1 Å². The second kappa shape index (κ2) is 6.47. The minimum Gasteiger partial charge on any atom is -0.374 e. The van der Waals surface area contributed by atoms with Crippen LogP contribution in [-0.2, 0) is 30.4 Å². The first-order chi connectivity index (χ1) is 9.04. The molecule has 0 unspecified atom stereocenters. The maximum Gasteiger partial charge on any atom is 0.264 e. The van der Waals surface area contributed by atoms with Crippen LogP contribution in [0.4, 0.5) is 0 Å². The highest BCUT2D eigenvalue weighted by molar-refractivity contribution is 7.86. The van der Waals surface area contributed by atoms with E-state index in [1.54, 1.807) is 0 Å². The molecule has 106 valence electrons. The van der Waals surface area contributed by atoms with Crippen LogP contribution in [0, 0.1) is 0 Å². The number of hydrogen-bond acceptors (Lipinski definition) is 5. The summed E-state index contributed by atoms with van der Waals surface area (Å²) in [7, 11) is -3.45. The summed E-state index contributed by atoms with van der Waals surface area (Å²) < 4.78 is 38.2. The van der Waals surface area contributed by atoms with E-state index in [0.717, 1.165) is 11.8 Å². The Kier molecular flexibility index (Phi) is 4.93. The summed E-state index contributed by atoms with van der Waals surface area (Å²) in [5, 5.41) is 0. The Labute approximate surface area is 113 Å². The largest absolute Gasteiger partial charge is 0.374 e. The Hall–Kier alpha value is -0.950. The van der Waals surface area contributed by atoms with Crippen LogP contribution in [0.15, 0.2) is 30.3 Å². The molecule has 0 N–H and O–H groups in total. The van der Waals surface area contributed by atoms with Gasteiger partial charge in [-0.2, -0.15) is 8.42 Å². The van der Waals surface area contributed by atoms with Gasteiger partial charge >= 0.3 is 0 Å². The van der Waals surface area contributed by atoms with E-state index in [1.807, 2.05) is 30.3 Å². The van der Waals surface area contributed by atoms with Gasteiger partial charge in [0.1, 0.15) is 12.2 Å². The van der Waals surface area contributed by atoms with Crippen LogP contribution < -0.4 is 0 Å². The molecule has 1 heterocycles. The van der Waals surface area contributed by atoms with Gasteiger partial charge in [-0.25, -0.2) is 0 Å². The fourth-order valence-electron chi connectivity index (χ4n) is 1.99. The van der Waals surface area contributed by atoms with E-state index in [-0.39, 0.29) is 6.10 Å². The second-order valence-electron chi connectivity index (χ2n) is 4.54. The average Bonchev–Trinajstić information content (AvgIpc) is 2.76. The Balaban J connectivity index is 1.79. The van der Waals surface area contributed by atoms with Crippen LogP contribution in [0.25, 0.3) is 0 Å². The van der Waals surface area contributed by atoms with Gasteiger partial charge in [0.15, 0.2) is 0 Å². The Morgan fingerprint density at radius 1 is 1.32 bits per heavy atom. The van der Waals surface area contributed by atoms with Crippen molar-refractivity contribution >= 4 is 10.1 Å². The normalized spacial score (nSPS) is 23.6. The molecule has 0 amide bonds. The van der Waals surface area contributed by atoms with Gasteiger partial charge in [-0.3, -0.25) is 4.18 Å². The summed E-state index contributed by atoms with van der Waals surface area (Å²) in [6.45, 7) is 1.31. The maximum absolute atomic E-state index is 11.1. The van der Waals surface area contributed by atoms with Crippen LogP contribution in [0.3, 0.4) is 0 Å². The summed E-state index contributed by atoms with van der Waals surface area (Å²) in [6, 6.07) is 9.78. The zero-order valence-corrected chi connectivity index (χ0v) is 11.6. The third-order valence-electron chi connectivity index (χ3n) is 2.84. The molecule has 6 heteroatoms. The van der Waals surface area contributed by atoms with E-state index in [1.165, 1.54) is 0 Å². The smallest absolute Gasteiger partial charge is 0.264 e. The third kappa shape index (κ3) is 4.91. The first-order valence-corrected chi connectivity index (χ1v) is 7.98. The van der Waals surface area contributed by atoms with Crippen molar-refractivity contribution in [2.75, 3.05) is 19.5 Å². The van der Waals surface area contributed by atoms with Gasteiger partial charge in [-0.1, -0.05) is 30.3 Å². The van der Waals surface area contributed by atoms with Gasteiger partial charge in [0.2, 0.25) is 0 Å². The highest BCUT2D eigenvalue weighted by Gasteiger charge is 2.32. The van der Waals surface area contributed by atoms with Crippen molar-refractivity contribution in [1.82, 2.24) is 0 Å². The summed E-state index contributed by atoms with van der Waals surface area (Å²) in [4.78, 5) is 0. The molecule has 0 radical (unpaired) electrons. The Morgan fingerprint density at radius 2 is 2.05 bits per heavy atom. The quantitative estimate of drug-likeness (QED) is 0.738. The molecule has 5 nitrogen and oxygen atoms in total. The lowest BCUT2D eigenvalue weighted by Gasteiger charge is -2.17.